The molecule has 0 atom stereocenters. The molecule has 1 fully saturated rings. The predicted octanol–water partition coefficient (Wildman–Crippen LogP) is 4.08. The molecule has 0 amide bonds. The predicted molar refractivity (Wildman–Crippen MR) is 76.6 cm³/mol. The Bertz CT molecular complexity index is 335. The third kappa shape index (κ3) is 3.91. The first-order valence-corrected chi connectivity index (χ1v) is 7.74. The molecule has 2 nitrogen and oxygen atoms in total. The van der Waals surface area contributed by atoms with Crippen LogP contribution >= 0.6 is 11.8 Å². The van der Waals surface area contributed by atoms with Crippen molar-refractivity contribution in [2.75, 3.05) is 11.9 Å². The van der Waals surface area contributed by atoms with Crippen LogP contribution in [0.3, 0.4) is 0 Å². The van der Waals surface area contributed by atoms with E-state index in [1.807, 2.05) is 12.3 Å². The molecule has 0 bridgehead atoms. The average molecular weight is 250 g/mol. The Balaban J connectivity index is 1.88. The number of nitrogens with one attached hydrogen (secondary N) is 1. The van der Waals surface area contributed by atoms with Crippen molar-refractivity contribution in [1.82, 2.24) is 4.98 Å². The zero-order chi connectivity index (χ0) is 11.9. The summed E-state index contributed by atoms with van der Waals surface area (Å²) in [5, 5.41) is 4.21. The highest BCUT2D eigenvalue weighted by Crippen LogP contribution is 2.31. The summed E-state index contributed by atoms with van der Waals surface area (Å²) in [6.45, 7) is 3.06. The molecule has 0 aliphatic heterocycles. The zero-order valence-electron chi connectivity index (χ0n) is 10.6. The third-order valence-electron chi connectivity index (χ3n) is 3.26. The number of thioether (sulfide) groups is 1. The maximum Gasteiger partial charge on any atom is 0.129 e. The van der Waals surface area contributed by atoms with Crippen LogP contribution in [0.2, 0.25) is 0 Å². The maximum atomic E-state index is 4.41. The first-order chi connectivity index (χ1) is 8.40. The summed E-state index contributed by atoms with van der Waals surface area (Å²) in [6, 6.07) is 4.23. The first kappa shape index (κ1) is 12.7. The second-order valence-corrected chi connectivity index (χ2v) is 5.90. The molecule has 1 aromatic heterocycles. The van der Waals surface area contributed by atoms with Gasteiger partial charge in [0, 0.05) is 29.3 Å². The number of nitrogens with zero attached hydrogens (tertiary/aromatic N) is 1. The van der Waals surface area contributed by atoms with Gasteiger partial charge in [-0.05, 0) is 25.8 Å². The normalized spacial score (nSPS) is 17.0. The number of rotatable bonds is 5. The number of anilines is 1. The highest BCUT2D eigenvalue weighted by molar-refractivity contribution is 7.99. The lowest BCUT2D eigenvalue weighted by Gasteiger charge is -2.21. The van der Waals surface area contributed by atoms with Crippen LogP contribution in [0, 0.1) is 0 Å². The number of hydrogen-bond acceptors (Lipinski definition) is 3. The summed E-state index contributed by atoms with van der Waals surface area (Å²) in [6.07, 6.45) is 8.96. The molecule has 17 heavy (non-hydrogen) atoms. The Labute approximate surface area is 109 Å². The highest BCUT2D eigenvalue weighted by atomic mass is 32.2. The fraction of sp³-hybridized carbons (Fsp3) is 0.643. The van der Waals surface area contributed by atoms with Gasteiger partial charge in [-0.1, -0.05) is 25.3 Å². The molecule has 1 aliphatic rings. The first-order valence-electron chi connectivity index (χ1n) is 6.69. The minimum absolute atomic E-state index is 0.874. The van der Waals surface area contributed by atoms with Gasteiger partial charge in [0.2, 0.25) is 0 Å². The van der Waals surface area contributed by atoms with E-state index in [1.165, 1.54) is 37.7 Å². The Hall–Kier alpha value is -0.700. The Morgan fingerprint density at radius 1 is 1.35 bits per heavy atom. The average Bonchev–Trinajstić information content (AvgIpc) is 2.39. The second-order valence-electron chi connectivity index (χ2n) is 4.61. The van der Waals surface area contributed by atoms with Crippen LogP contribution in [-0.4, -0.2) is 16.8 Å². The van der Waals surface area contributed by atoms with Crippen LogP contribution in [0.4, 0.5) is 5.82 Å². The molecule has 2 rings (SSSR count). The fourth-order valence-electron chi connectivity index (χ4n) is 2.32. The summed E-state index contributed by atoms with van der Waals surface area (Å²) in [5.74, 6) is 2.17. The Morgan fingerprint density at radius 3 is 2.94 bits per heavy atom. The molecule has 94 valence electrons. The van der Waals surface area contributed by atoms with Crippen LogP contribution in [0.25, 0.3) is 0 Å². The molecule has 0 saturated heterocycles. The van der Waals surface area contributed by atoms with Crippen LogP contribution in [-0.2, 0) is 5.75 Å². The van der Waals surface area contributed by atoms with Gasteiger partial charge < -0.3 is 5.32 Å². The lowest BCUT2D eigenvalue weighted by atomic mass is 10.0. The summed E-state index contributed by atoms with van der Waals surface area (Å²) in [5.41, 5.74) is 1.35. The summed E-state index contributed by atoms with van der Waals surface area (Å²) < 4.78 is 0. The van der Waals surface area contributed by atoms with Crippen molar-refractivity contribution >= 4 is 17.6 Å². The number of pyridine rings is 1. The maximum absolute atomic E-state index is 4.41. The van der Waals surface area contributed by atoms with Crippen molar-refractivity contribution < 1.29 is 0 Å². The van der Waals surface area contributed by atoms with Gasteiger partial charge in [0.05, 0.1) is 0 Å². The molecule has 0 radical (unpaired) electrons. The number of hydrogen-bond donors (Lipinski definition) is 1. The van der Waals surface area contributed by atoms with Crippen LogP contribution < -0.4 is 5.32 Å². The molecule has 1 saturated carbocycles. The largest absolute Gasteiger partial charge is 0.370 e. The van der Waals surface area contributed by atoms with E-state index < -0.39 is 0 Å². The SMILES string of the molecule is CCNc1ncccc1CSC1CCCCC1. The van der Waals surface area contributed by atoms with Crippen molar-refractivity contribution in [1.29, 1.82) is 0 Å². The van der Waals surface area contributed by atoms with Gasteiger partial charge in [-0.25, -0.2) is 4.98 Å². The summed E-state index contributed by atoms with van der Waals surface area (Å²) >= 11 is 2.11. The van der Waals surface area contributed by atoms with Crippen LogP contribution in [0.5, 0.6) is 0 Å². The van der Waals surface area contributed by atoms with E-state index in [0.29, 0.717) is 0 Å². The zero-order valence-corrected chi connectivity index (χ0v) is 11.4. The molecule has 0 unspecified atom stereocenters. The van der Waals surface area contributed by atoms with Crippen molar-refractivity contribution in [2.45, 2.75) is 50.0 Å². The molecule has 1 heterocycles. The van der Waals surface area contributed by atoms with Crippen LogP contribution in [0.1, 0.15) is 44.6 Å². The molecular weight excluding hydrogens is 228 g/mol. The second kappa shape index (κ2) is 6.90. The summed E-state index contributed by atoms with van der Waals surface area (Å²) in [4.78, 5) is 4.41. The lowest BCUT2D eigenvalue weighted by Crippen LogP contribution is -2.09. The van der Waals surface area contributed by atoms with Crippen molar-refractivity contribution in [3.63, 3.8) is 0 Å². The third-order valence-corrected chi connectivity index (χ3v) is 4.68. The number of aromatic nitrogens is 1. The standard InChI is InChI=1S/C14H22N2S/c1-2-15-14-12(7-6-10-16-14)11-17-13-8-4-3-5-9-13/h6-7,10,13H,2-5,8-9,11H2,1H3,(H,15,16). The lowest BCUT2D eigenvalue weighted by molar-refractivity contribution is 0.516. The highest BCUT2D eigenvalue weighted by Gasteiger charge is 2.14. The van der Waals surface area contributed by atoms with Gasteiger partial charge in [-0.3, -0.25) is 0 Å². The van der Waals surface area contributed by atoms with Gasteiger partial charge in [0.15, 0.2) is 0 Å². The topological polar surface area (TPSA) is 24.9 Å². The molecule has 1 aliphatic carbocycles. The van der Waals surface area contributed by atoms with Gasteiger partial charge in [-0.15, -0.1) is 0 Å². The van der Waals surface area contributed by atoms with Gasteiger partial charge >= 0.3 is 0 Å². The van der Waals surface area contributed by atoms with E-state index in [-0.39, 0.29) is 0 Å². The monoisotopic (exact) mass is 250 g/mol. The van der Waals surface area contributed by atoms with E-state index in [9.17, 15) is 0 Å². The molecule has 0 spiro atoms. The van der Waals surface area contributed by atoms with E-state index in [4.69, 9.17) is 0 Å². The molecular formula is C14H22N2S. The Kier molecular flexibility index (Phi) is 5.17. The van der Waals surface area contributed by atoms with E-state index in [1.54, 1.807) is 0 Å². The van der Waals surface area contributed by atoms with Crippen molar-refractivity contribution in [3.05, 3.63) is 23.9 Å². The van der Waals surface area contributed by atoms with Crippen LogP contribution in [0.15, 0.2) is 18.3 Å². The quantitative estimate of drug-likeness (QED) is 0.852. The molecule has 1 N–H and O–H groups in total. The van der Waals surface area contributed by atoms with Crippen molar-refractivity contribution in [3.8, 4) is 0 Å². The Morgan fingerprint density at radius 2 is 2.18 bits per heavy atom. The van der Waals surface area contributed by atoms with Gasteiger partial charge in [-0.2, -0.15) is 11.8 Å². The summed E-state index contributed by atoms with van der Waals surface area (Å²) in [7, 11) is 0. The molecule has 0 aromatic carbocycles. The van der Waals surface area contributed by atoms with E-state index in [0.717, 1.165) is 23.4 Å². The van der Waals surface area contributed by atoms with E-state index >= 15 is 0 Å². The van der Waals surface area contributed by atoms with E-state index in [2.05, 4.69) is 35.1 Å². The van der Waals surface area contributed by atoms with Gasteiger partial charge in [0.25, 0.3) is 0 Å². The fourth-order valence-corrected chi connectivity index (χ4v) is 3.64. The molecule has 3 heteroatoms. The van der Waals surface area contributed by atoms with Crippen molar-refractivity contribution in [2.24, 2.45) is 0 Å². The minimum atomic E-state index is 0.874. The smallest absolute Gasteiger partial charge is 0.129 e. The molecule has 1 aromatic rings. The minimum Gasteiger partial charge on any atom is -0.370 e. The van der Waals surface area contributed by atoms with Gasteiger partial charge in [0.1, 0.15) is 5.82 Å².